The third-order valence-corrected chi connectivity index (χ3v) is 1.78. The molecule has 0 rings (SSSR count). The quantitative estimate of drug-likeness (QED) is 0.480. The molecule has 1 amide bonds. The summed E-state index contributed by atoms with van der Waals surface area (Å²) in [6, 6.07) is 1.99. The summed E-state index contributed by atoms with van der Waals surface area (Å²) >= 11 is 0. The van der Waals surface area contributed by atoms with E-state index in [1.807, 2.05) is 6.07 Å². The molecule has 78 valence electrons. The van der Waals surface area contributed by atoms with Gasteiger partial charge in [0, 0.05) is 13.0 Å². The fraction of sp³-hybridized carbons (Fsp3) is 0.667. The minimum atomic E-state index is -1.13. The summed E-state index contributed by atoms with van der Waals surface area (Å²) in [7, 11) is 0. The molecule has 0 aromatic rings. The average molecular weight is 198 g/mol. The molecule has 0 bridgehead atoms. The molecule has 5 heteroatoms. The molecule has 0 radical (unpaired) electrons. The molecule has 0 aromatic heterocycles. The van der Waals surface area contributed by atoms with Gasteiger partial charge in [-0.2, -0.15) is 5.26 Å². The standard InChI is InChI=1S/C9H14N2O3/c1-7(9(13)14)8(12)11-6-4-2-3-5-10/h7H,2-4,6H2,1H3,(H,11,12)(H,13,14). The summed E-state index contributed by atoms with van der Waals surface area (Å²) in [5.41, 5.74) is 0. The van der Waals surface area contributed by atoms with Crippen LogP contribution in [-0.2, 0) is 9.59 Å². The highest BCUT2D eigenvalue weighted by Crippen LogP contribution is 1.96. The first-order valence-electron chi connectivity index (χ1n) is 4.47. The van der Waals surface area contributed by atoms with E-state index in [1.54, 1.807) is 0 Å². The molecule has 0 aliphatic rings. The predicted octanol–water partition coefficient (Wildman–Crippen LogP) is 0.517. The van der Waals surface area contributed by atoms with Crippen molar-refractivity contribution in [1.29, 1.82) is 5.26 Å². The van der Waals surface area contributed by atoms with Gasteiger partial charge in [-0.25, -0.2) is 0 Å². The zero-order chi connectivity index (χ0) is 11.0. The van der Waals surface area contributed by atoms with E-state index in [-0.39, 0.29) is 0 Å². The van der Waals surface area contributed by atoms with Gasteiger partial charge in [-0.05, 0) is 19.8 Å². The van der Waals surface area contributed by atoms with Crippen LogP contribution in [0.25, 0.3) is 0 Å². The van der Waals surface area contributed by atoms with Crippen LogP contribution < -0.4 is 5.32 Å². The second-order valence-electron chi connectivity index (χ2n) is 2.97. The molecule has 1 atom stereocenters. The molecule has 0 heterocycles. The minimum Gasteiger partial charge on any atom is -0.481 e. The number of carboxylic acids is 1. The first-order chi connectivity index (χ1) is 6.59. The van der Waals surface area contributed by atoms with Crippen LogP contribution in [-0.4, -0.2) is 23.5 Å². The van der Waals surface area contributed by atoms with Crippen LogP contribution in [0.4, 0.5) is 0 Å². The number of nitrogens with one attached hydrogen (secondary N) is 1. The van der Waals surface area contributed by atoms with Crippen molar-refractivity contribution >= 4 is 11.9 Å². The van der Waals surface area contributed by atoms with Crippen molar-refractivity contribution in [1.82, 2.24) is 5.32 Å². The maximum Gasteiger partial charge on any atom is 0.315 e. The van der Waals surface area contributed by atoms with Gasteiger partial charge in [0.15, 0.2) is 0 Å². The summed E-state index contributed by atoms with van der Waals surface area (Å²) < 4.78 is 0. The lowest BCUT2D eigenvalue weighted by Gasteiger charge is -2.07. The fourth-order valence-electron chi connectivity index (χ4n) is 0.806. The maximum absolute atomic E-state index is 11.1. The fourth-order valence-corrected chi connectivity index (χ4v) is 0.806. The van der Waals surface area contributed by atoms with Gasteiger partial charge in [0.2, 0.25) is 5.91 Å². The molecule has 0 fully saturated rings. The van der Waals surface area contributed by atoms with Gasteiger partial charge in [-0.1, -0.05) is 0 Å². The number of nitrogens with zero attached hydrogens (tertiary/aromatic N) is 1. The molecule has 14 heavy (non-hydrogen) atoms. The van der Waals surface area contributed by atoms with Crippen molar-refractivity contribution in [2.45, 2.75) is 26.2 Å². The van der Waals surface area contributed by atoms with Gasteiger partial charge in [-0.15, -0.1) is 0 Å². The Morgan fingerprint density at radius 2 is 2.14 bits per heavy atom. The largest absolute Gasteiger partial charge is 0.481 e. The Labute approximate surface area is 82.7 Å². The first kappa shape index (κ1) is 12.4. The number of carbonyl (C=O) groups excluding carboxylic acids is 1. The van der Waals surface area contributed by atoms with Crippen molar-refractivity contribution in [3.63, 3.8) is 0 Å². The summed E-state index contributed by atoms with van der Waals surface area (Å²) in [5, 5.41) is 19.2. The minimum absolute atomic E-state index is 0.429. The van der Waals surface area contributed by atoms with Gasteiger partial charge in [-0.3, -0.25) is 9.59 Å². The smallest absolute Gasteiger partial charge is 0.315 e. The van der Waals surface area contributed by atoms with Crippen LogP contribution in [0.1, 0.15) is 26.2 Å². The maximum atomic E-state index is 11.1. The molecular weight excluding hydrogens is 184 g/mol. The van der Waals surface area contributed by atoms with Crippen molar-refractivity contribution in [2.75, 3.05) is 6.54 Å². The molecule has 0 aromatic carbocycles. The topological polar surface area (TPSA) is 90.2 Å². The van der Waals surface area contributed by atoms with Crippen LogP contribution in [0.2, 0.25) is 0 Å². The predicted molar refractivity (Wildman–Crippen MR) is 49.3 cm³/mol. The Hall–Kier alpha value is -1.57. The molecule has 5 nitrogen and oxygen atoms in total. The van der Waals surface area contributed by atoms with E-state index < -0.39 is 17.8 Å². The molecule has 0 saturated heterocycles. The van der Waals surface area contributed by atoms with Crippen molar-refractivity contribution in [3.05, 3.63) is 0 Å². The van der Waals surface area contributed by atoms with Gasteiger partial charge < -0.3 is 10.4 Å². The second kappa shape index (κ2) is 6.89. The number of carbonyl (C=O) groups is 2. The van der Waals surface area contributed by atoms with Gasteiger partial charge in [0.25, 0.3) is 0 Å². The lowest BCUT2D eigenvalue weighted by Crippen LogP contribution is -2.34. The van der Waals surface area contributed by atoms with Crippen molar-refractivity contribution in [3.8, 4) is 6.07 Å². The summed E-state index contributed by atoms with van der Waals surface area (Å²) in [4.78, 5) is 21.4. The highest BCUT2D eigenvalue weighted by atomic mass is 16.4. The number of rotatable bonds is 6. The molecule has 0 saturated carbocycles. The van der Waals surface area contributed by atoms with E-state index in [0.717, 1.165) is 6.42 Å². The summed E-state index contributed by atoms with van der Waals surface area (Å²) in [6.45, 7) is 1.77. The van der Waals surface area contributed by atoms with E-state index in [1.165, 1.54) is 6.92 Å². The van der Waals surface area contributed by atoms with Gasteiger partial charge in [0.05, 0.1) is 6.07 Å². The molecule has 0 spiro atoms. The summed E-state index contributed by atoms with van der Waals surface area (Å²) in [5.74, 6) is -2.61. The van der Waals surface area contributed by atoms with Crippen molar-refractivity contribution in [2.24, 2.45) is 5.92 Å². The van der Waals surface area contributed by atoms with E-state index in [2.05, 4.69) is 5.32 Å². The molecular formula is C9H14N2O3. The number of aliphatic carboxylic acids is 1. The lowest BCUT2D eigenvalue weighted by molar-refractivity contribution is -0.146. The Morgan fingerprint density at radius 3 is 2.64 bits per heavy atom. The Kier molecular flexibility index (Phi) is 6.12. The van der Waals surface area contributed by atoms with E-state index >= 15 is 0 Å². The number of unbranched alkanes of at least 4 members (excludes halogenated alkanes) is 2. The van der Waals surface area contributed by atoms with E-state index in [0.29, 0.717) is 19.4 Å². The molecule has 0 aliphatic carbocycles. The molecule has 2 N–H and O–H groups in total. The highest BCUT2D eigenvalue weighted by Gasteiger charge is 2.19. The normalized spacial score (nSPS) is 11.4. The number of hydrogen-bond acceptors (Lipinski definition) is 3. The van der Waals surface area contributed by atoms with Gasteiger partial charge >= 0.3 is 5.97 Å². The molecule has 0 aliphatic heterocycles. The van der Waals surface area contributed by atoms with E-state index in [4.69, 9.17) is 10.4 Å². The van der Waals surface area contributed by atoms with Gasteiger partial charge in [0.1, 0.15) is 5.92 Å². The Bertz CT molecular complexity index is 245. The third-order valence-electron chi connectivity index (χ3n) is 1.78. The zero-order valence-corrected chi connectivity index (χ0v) is 8.12. The van der Waals surface area contributed by atoms with Crippen LogP contribution in [0, 0.1) is 17.2 Å². The van der Waals surface area contributed by atoms with Crippen LogP contribution >= 0.6 is 0 Å². The Balaban J connectivity index is 3.55. The number of carboxylic acid groups (broad SMARTS) is 1. The SMILES string of the molecule is CC(C(=O)O)C(=O)NCCCCC#N. The zero-order valence-electron chi connectivity index (χ0n) is 8.12. The van der Waals surface area contributed by atoms with E-state index in [9.17, 15) is 9.59 Å². The molecule has 1 unspecified atom stereocenters. The lowest BCUT2D eigenvalue weighted by atomic mass is 10.1. The first-order valence-corrected chi connectivity index (χ1v) is 4.47. The highest BCUT2D eigenvalue weighted by molar-refractivity contribution is 5.96. The second-order valence-corrected chi connectivity index (χ2v) is 2.97. The number of amides is 1. The summed E-state index contributed by atoms with van der Waals surface area (Å²) in [6.07, 6.45) is 1.88. The van der Waals surface area contributed by atoms with Crippen LogP contribution in [0.15, 0.2) is 0 Å². The van der Waals surface area contributed by atoms with Crippen molar-refractivity contribution < 1.29 is 14.7 Å². The van der Waals surface area contributed by atoms with Crippen LogP contribution in [0.3, 0.4) is 0 Å². The average Bonchev–Trinajstić information content (AvgIpc) is 2.16. The number of hydrogen-bond donors (Lipinski definition) is 2. The Morgan fingerprint density at radius 1 is 1.50 bits per heavy atom. The number of nitriles is 1. The monoisotopic (exact) mass is 198 g/mol. The van der Waals surface area contributed by atoms with Crippen LogP contribution in [0.5, 0.6) is 0 Å². The third kappa shape index (κ3) is 5.14.